The first-order valence-electron chi connectivity index (χ1n) is 7.57. The molecule has 2 N–H and O–H groups in total. The molecule has 0 bridgehead atoms. The average molecular weight is 299 g/mol. The fourth-order valence-electron chi connectivity index (χ4n) is 3.12. The first-order valence-corrected chi connectivity index (χ1v) is 7.57. The minimum Gasteiger partial charge on any atom is -0.387 e. The lowest BCUT2D eigenvalue weighted by Gasteiger charge is -2.34. The van der Waals surface area contributed by atoms with Crippen molar-refractivity contribution in [2.24, 2.45) is 5.92 Å². The summed E-state index contributed by atoms with van der Waals surface area (Å²) in [7, 11) is 1.62. The van der Waals surface area contributed by atoms with Gasteiger partial charge in [-0.05, 0) is 12.8 Å². The molecule has 2 fully saturated rings. The van der Waals surface area contributed by atoms with Crippen molar-refractivity contribution < 1.29 is 19.4 Å². The highest BCUT2D eigenvalue weighted by Crippen LogP contribution is 2.19. The summed E-state index contributed by atoms with van der Waals surface area (Å²) < 4.78 is 5.39. The Morgan fingerprint density at radius 2 is 1.95 bits per heavy atom. The van der Waals surface area contributed by atoms with Crippen molar-refractivity contribution in [2.45, 2.75) is 18.9 Å². The predicted octanol–water partition coefficient (Wildman–Crippen LogP) is -1.34. The van der Waals surface area contributed by atoms with E-state index in [0.717, 1.165) is 32.6 Å². The lowest BCUT2D eigenvalue weighted by molar-refractivity contribution is -0.135. The molecular weight excluding hydrogens is 274 g/mol. The van der Waals surface area contributed by atoms with Crippen LogP contribution in [0.3, 0.4) is 0 Å². The molecule has 1 atom stereocenters. The smallest absolute Gasteiger partial charge is 0.248 e. The van der Waals surface area contributed by atoms with Crippen LogP contribution in [0.4, 0.5) is 0 Å². The van der Waals surface area contributed by atoms with Crippen molar-refractivity contribution in [2.75, 3.05) is 53.0 Å². The second-order valence-corrected chi connectivity index (χ2v) is 5.65. The Morgan fingerprint density at radius 1 is 1.24 bits per heavy atom. The molecule has 2 heterocycles. The lowest BCUT2D eigenvalue weighted by atomic mass is 10.0. The summed E-state index contributed by atoms with van der Waals surface area (Å²) >= 11 is 0. The molecule has 1 unspecified atom stereocenters. The number of rotatable bonds is 3. The summed E-state index contributed by atoms with van der Waals surface area (Å²) in [6.45, 7) is 3.33. The van der Waals surface area contributed by atoms with Gasteiger partial charge in [0.1, 0.15) is 6.61 Å². The molecule has 120 valence electrons. The number of hydrogen-bond donors (Lipinski definition) is 2. The van der Waals surface area contributed by atoms with E-state index in [2.05, 4.69) is 10.2 Å². The Labute approximate surface area is 125 Å². The number of carbonyl (C=O) groups is 2. The highest BCUT2D eigenvalue weighted by atomic mass is 16.5. The van der Waals surface area contributed by atoms with Gasteiger partial charge in [-0.25, -0.2) is 0 Å². The van der Waals surface area contributed by atoms with Crippen LogP contribution in [0.2, 0.25) is 0 Å². The van der Waals surface area contributed by atoms with Crippen LogP contribution in [0.15, 0.2) is 0 Å². The largest absolute Gasteiger partial charge is 0.387 e. The van der Waals surface area contributed by atoms with Gasteiger partial charge in [-0.2, -0.15) is 0 Å². The zero-order valence-corrected chi connectivity index (χ0v) is 12.6. The van der Waals surface area contributed by atoms with Gasteiger partial charge in [-0.1, -0.05) is 0 Å². The molecule has 2 rings (SSSR count). The lowest BCUT2D eigenvalue weighted by Crippen LogP contribution is -2.45. The first kappa shape index (κ1) is 16.2. The van der Waals surface area contributed by atoms with E-state index < -0.39 is 6.61 Å². The summed E-state index contributed by atoms with van der Waals surface area (Å²) in [6.07, 6.45) is 1.93. The van der Waals surface area contributed by atoms with Crippen LogP contribution in [-0.4, -0.2) is 85.8 Å². The number of hydrogen-bond acceptors (Lipinski definition) is 5. The molecule has 7 nitrogen and oxygen atoms in total. The fourth-order valence-corrected chi connectivity index (χ4v) is 3.12. The summed E-state index contributed by atoms with van der Waals surface area (Å²) in [5.74, 6) is -0.613. The number of ether oxygens (including phenoxy) is 1. The summed E-state index contributed by atoms with van der Waals surface area (Å²) in [4.78, 5) is 27.7. The molecule has 0 radical (unpaired) electrons. The quantitative estimate of drug-likeness (QED) is 0.674. The van der Waals surface area contributed by atoms with Crippen molar-refractivity contribution >= 4 is 11.8 Å². The van der Waals surface area contributed by atoms with Crippen molar-refractivity contribution in [3.8, 4) is 0 Å². The zero-order chi connectivity index (χ0) is 15.2. The molecule has 2 aliphatic rings. The molecule has 0 aromatic heterocycles. The van der Waals surface area contributed by atoms with E-state index in [1.165, 1.54) is 0 Å². The van der Waals surface area contributed by atoms with E-state index in [9.17, 15) is 9.59 Å². The minimum atomic E-state index is -0.502. The van der Waals surface area contributed by atoms with Gasteiger partial charge in [-0.15, -0.1) is 0 Å². The standard InChI is InChI=1S/C14H25N3O4/c1-15-14(20)11-8-16(12-2-6-21-7-3-12)4-5-17(9-11)13(19)10-18/h11-12,18H,2-10H2,1H3,(H,15,20). The molecule has 2 saturated heterocycles. The Balaban J connectivity index is 2.07. The second kappa shape index (κ2) is 7.72. The van der Waals surface area contributed by atoms with Crippen LogP contribution in [0.5, 0.6) is 0 Å². The van der Waals surface area contributed by atoms with Gasteiger partial charge in [0.2, 0.25) is 11.8 Å². The Morgan fingerprint density at radius 3 is 2.57 bits per heavy atom. The maximum Gasteiger partial charge on any atom is 0.248 e. The normalized spacial score (nSPS) is 25.4. The van der Waals surface area contributed by atoms with Gasteiger partial charge in [-0.3, -0.25) is 14.5 Å². The maximum atomic E-state index is 12.0. The van der Waals surface area contributed by atoms with Gasteiger partial charge in [0.25, 0.3) is 0 Å². The van der Waals surface area contributed by atoms with Gasteiger partial charge in [0, 0.05) is 52.5 Å². The van der Waals surface area contributed by atoms with Crippen molar-refractivity contribution in [3.63, 3.8) is 0 Å². The number of aliphatic hydroxyl groups is 1. The van der Waals surface area contributed by atoms with E-state index in [-0.39, 0.29) is 17.7 Å². The monoisotopic (exact) mass is 299 g/mol. The van der Waals surface area contributed by atoms with Crippen LogP contribution < -0.4 is 5.32 Å². The van der Waals surface area contributed by atoms with E-state index in [0.29, 0.717) is 25.7 Å². The molecule has 7 heteroatoms. The Bertz CT molecular complexity index is 371. The summed E-state index contributed by atoms with van der Waals surface area (Å²) in [5.41, 5.74) is 0. The maximum absolute atomic E-state index is 12.0. The molecule has 0 aromatic rings. The van der Waals surface area contributed by atoms with Crippen molar-refractivity contribution in [1.29, 1.82) is 0 Å². The summed E-state index contributed by atoms with van der Waals surface area (Å²) in [6, 6.07) is 0.412. The zero-order valence-electron chi connectivity index (χ0n) is 12.6. The molecule has 0 spiro atoms. The molecule has 0 saturated carbocycles. The first-order chi connectivity index (χ1) is 10.2. The molecule has 21 heavy (non-hydrogen) atoms. The molecule has 2 amide bonds. The van der Waals surface area contributed by atoms with Crippen LogP contribution in [-0.2, 0) is 14.3 Å². The summed E-state index contributed by atoms with van der Waals surface area (Å²) in [5, 5.41) is 11.7. The Hall–Kier alpha value is -1.18. The van der Waals surface area contributed by atoms with E-state index in [4.69, 9.17) is 9.84 Å². The predicted molar refractivity (Wildman–Crippen MR) is 76.6 cm³/mol. The third kappa shape index (κ3) is 4.15. The van der Waals surface area contributed by atoms with E-state index in [1.807, 2.05) is 0 Å². The number of nitrogens with one attached hydrogen (secondary N) is 1. The highest BCUT2D eigenvalue weighted by Gasteiger charge is 2.32. The SMILES string of the molecule is CNC(=O)C1CN(C(=O)CO)CCN(C2CCOCC2)C1. The third-order valence-electron chi connectivity index (χ3n) is 4.37. The van der Waals surface area contributed by atoms with Gasteiger partial charge >= 0.3 is 0 Å². The Kier molecular flexibility index (Phi) is 5.96. The van der Waals surface area contributed by atoms with Crippen LogP contribution in [0.25, 0.3) is 0 Å². The third-order valence-corrected chi connectivity index (χ3v) is 4.37. The van der Waals surface area contributed by atoms with Crippen molar-refractivity contribution in [3.05, 3.63) is 0 Å². The van der Waals surface area contributed by atoms with Gasteiger partial charge < -0.3 is 20.1 Å². The number of nitrogens with zero attached hydrogens (tertiary/aromatic N) is 2. The number of carbonyl (C=O) groups excluding carboxylic acids is 2. The molecule has 0 aliphatic carbocycles. The van der Waals surface area contributed by atoms with Gasteiger partial charge in [0.05, 0.1) is 5.92 Å². The average Bonchev–Trinajstić information content (AvgIpc) is 2.77. The topological polar surface area (TPSA) is 82.1 Å². The molecular formula is C14H25N3O4. The number of amides is 2. The van der Waals surface area contributed by atoms with Crippen LogP contribution >= 0.6 is 0 Å². The van der Waals surface area contributed by atoms with E-state index >= 15 is 0 Å². The van der Waals surface area contributed by atoms with Crippen LogP contribution in [0.1, 0.15) is 12.8 Å². The van der Waals surface area contributed by atoms with Crippen LogP contribution in [0, 0.1) is 5.92 Å². The highest BCUT2D eigenvalue weighted by molar-refractivity contribution is 5.81. The second-order valence-electron chi connectivity index (χ2n) is 5.65. The van der Waals surface area contributed by atoms with Crippen molar-refractivity contribution in [1.82, 2.24) is 15.1 Å². The molecule has 0 aromatic carbocycles. The van der Waals surface area contributed by atoms with E-state index in [1.54, 1.807) is 11.9 Å². The molecule has 2 aliphatic heterocycles. The number of aliphatic hydroxyl groups excluding tert-OH is 1. The minimum absolute atomic E-state index is 0.0512. The van der Waals surface area contributed by atoms with Gasteiger partial charge in [0.15, 0.2) is 0 Å². The fraction of sp³-hybridized carbons (Fsp3) is 0.857.